The van der Waals surface area contributed by atoms with Crippen molar-refractivity contribution in [3.63, 3.8) is 0 Å². The maximum absolute atomic E-state index is 4.82. The van der Waals surface area contributed by atoms with Gasteiger partial charge in [0, 0.05) is 22.4 Å². The lowest BCUT2D eigenvalue weighted by atomic mass is 9.82. The van der Waals surface area contributed by atoms with Crippen LogP contribution < -0.4 is 5.32 Å². The van der Waals surface area contributed by atoms with Crippen molar-refractivity contribution in [2.45, 2.75) is 46.6 Å². The number of aromatic nitrogens is 3. The summed E-state index contributed by atoms with van der Waals surface area (Å²) in [4.78, 5) is 9.33. The molecule has 0 aromatic carbocycles. The number of nitrogens with zero attached hydrogens (tertiary/aromatic N) is 3. The summed E-state index contributed by atoms with van der Waals surface area (Å²) in [6.07, 6.45) is 4.88. The molecule has 0 fully saturated rings. The molecule has 132 valence electrons. The van der Waals surface area contributed by atoms with Crippen LogP contribution >= 0.6 is 15.9 Å². The first-order valence-corrected chi connectivity index (χ1v) is 9.31. The minimum Gasteiger partial charge on any atom is -0.364 e. The molecule has 0 saturated carbocycles. The fourth-order valence-electron chi connectivity index (χ4n) is 3.51. The summed E-state index contributed by atoms with van der Waals surface area (Å²) in [5.74, 6) is 0.976. The van der Waals surface area contributed by atoms with Crippen molar-refractivity contribution in [3.8, 4) is 11.4 Å². The second-order valence-electron chi connectivity index (χ2n) is 8.35. The summed E-state index contributed by atoms with van der Waals surface area (Å²) in [5.41, 5.74) is 2.79. The van der Waals surface area contributed by atoms with Gasteiger partial charge in [-0.2, -0.15) is 0 Å². The van der Waals surface area contributed by atoms with Crippen molar-refractivity contribution in [2.75, 3.05) is 5.32 Å². The Hall–Kier alpha value is -1.88. The van der Waals surface area contributed by atoms with E-state index in [1.807, 2.05) is 36.5 Å². The number of fused-ring (bicyclic) bond motifs is 1. The largest absolute Gasteiger partial charge is 0.364 e. The van der Waals surface area contributed by atoms with E-state index < -0.39 is 0 Å². The Balaban J connectivity index is 2.13. The molecule has 3 rings (SSSR count). The molecule has 3 heterocycles. The lowest BCUT2D eigenvalue weighted by molar-refractivity contribution is 0.302. The molecule has 3 aromatic heterocycles. The van der Waals surface area contributed by atoms with Crippen molar-refractivity contribution in [1.29, 1.82) is 0 Å². The van der Waals surface area contributed by atoms with E-state index in [4.69, 9.17) is 4.98 Å². The Bertz CT molecular complexity index is 876. The Kier molecular flexibility index (Phi) is 4.62. The van der Waals surface area contributed by atoms with Crippen LogP contribution in [0.1, 0.15) is 41.0 Å². The topological polar surface area (TPSA) is 42.2 Å². The van der Waals surface area contributed by atoms with Gasteiger partial charge in [0.15, 0.2) is 0 Å². The van der Waals surface area contributed by atoms with Crippen LogP contribution in [0.5, 0.6) is 0 Å². The normalized spacial score (nSPS) is 12.6. The van der Waals surface area contributed by atoms with Crippen molar-refractivity contribution >= 4 is 27.4 Å². The van der Waals surface area contributed by atoms with Gasteiger partial charge in [0.25, 0.3) is 0 Å². The summed E-state index contributed by atoms with van der Waals surface area (Å²) in [6, 6.07) is 9.94. The summed E-state index contributed by atoms with van der Waals surface area (Å²) in [7, 11) is 0. The number of pyridine rings is 2. The van der Waals surface area contributed by atoms with Gasteiger partial charge in [-0.05, 0) is 65.9 Å². The van der Waals surface area contributed by atoms with Crippen LogP contribution in [0.25, 0.3) is 17.0 Å². The highest BCUT2D eigenvalue weighted by molar-refractivity contribution is 9.10. The SMILES string of the molecule is CC(C)(C)CC(C)(C)Nc1c(-c2ccccn2)nc2ccc(Br)cn12. The molecular weight excluding hydrogens is 376 g/mol. The van der Waals surface area contributed by atoms with Gasteiger partial charge in [-0.1, -0.05) is 26.8 Å². The van der Waals surface area contributed by atoms with Crippen LogP contribution in [-0.2, 0) is 0 Å². The number of halogens is 1. The molecule has 0 spiro atoms. The van der Waals surface area contributed by atoms with E-state index in [2.05, 4.69) is 65.3 Å². The molecule has 4 nitrogen and oxygen atoms in total. The highest BCUT2D eigenvalue weighted by atomic mass is 79.9. The third-order valence-electron chi connectivity index (χ3n) is 3.92. The average Bonchev–Trinajstić information content (AvgIpc) is 2.83. The Morgan fingerprint density at radius 1 is 1.08 bits per heavy atom. The molecule has 25 heavy (non-hydrogen) atoms. The quantitative estimate of drug-likeness (QED) is 0.602. The molecule has 3 aromatic rings. The van der Waals surface area contributed by atoms with Crippen molar-refractivity contribution in [3.05, 3.63) is 47.2 Å². The van der Waals surface area contributed by atoms with Crippen molar-refractivity contribution in [2.24, 2.45) is 5.41 Å². The number of imidazole rings is 1. The van der Waals surface area contributed by atoms with E-state index in [9.17, 15) is 0 Å². The molecular formula is C20H25BrN4. The summed E-state index contributed by atoms with van der Waals surface area (Å²) < 4.78 is 3.11. The summed E-state index contributed by atoms with van der Waals surface area (Å²) >= 11 is 3.57. The van der Waals surface area contributed by atoms with Crippen molar-refractivity contribution in [1.82, 2.24) is 14.4 Å². The zero-order valence-corrected chi connectivity index (χ0v) is 17.1. The van der Waals surface area contributed by atoms with Crippen molar-refractivity contribution < 1.29 is 0 Å². The maximum Gasteiger partial charge on any atom is 0.140 e. The number of rotatable bonds is 4. The van der Waals surface area contributed by atoms with E-state index >= 15 is 0 Å². The van der Waals surface area contributed by atoms with Crippen LogP contribution in [0.15, 0.2) is 47.2 Å². The Morgan fingerprint density at radius 3 is 2.48 bits per heavy atom. The molecule has 0 radical (unpaired) electrons. The van der Waals surface area contributed by atoms with Crippen LogP contribution in [-0.4, -0.2) is 19.9 Å². The zero-order chi connectivity index (χ0) is 18.2. The average molecular weight is 401 g/mol. The van der Waals surface area contributed by atoms with Gasteiger partial charge in [0.1, 0.15) is 17.2 Å². The molecule has 0 aliphatic rings. The third-order valence-corrected chi connectivity index (χ3v) is 4.39. The van der Waals surface area contributed by atoms with Gasteiger partial charge >= 0.3 is 0 Å². The summed E-state index contributed by atoms with van der Waals surface area (Å²) in [6.45, 7) is 11.3. The van der Waals surface area contributed by atoms with E-state index in [1.54, 1.807) is 6.20 Å². The van der Waals surface area contributed by atoms with E-state index in [0.717, 1.165) is 33.7 Å². The molecule has 0 saturated heterocycles. The Morgan fingerprint density at radius 2 is 1.84 bits per heavy atom. The van der Waals surface area contributed by atoms with Gasteiger partial charge < -0.3 is 5.32 Å². The van der Waals surface area contributed by atoms with Crippen LogP contribution in [0.4, 0.5) is 5.82 Å². The van der Waals surface area contributed by atoms with E-state index in [-0.39, 0.29) is 11.0 Å². The maximum atomic E-state index is 4.82. The van der Waals surface area contributed by atoms with E-state index in [1.165, 1.54) is 0 Å². The van der Waals surface area contributed by atoms with Gasteiger partial charge in [-0.25, -0.2) is 4.98 Å². The number of hydrogen-bond acceptors (Lipinski definition) is 3. The van der Waals surface area contributed by atoms with Gasteiger partial charge in [0.05, 0.1) is 5.69 Å². The first-order chi connectivity index (χ1) is 11.6. The van der Waals surface area contributed by atoms with Crippen LogP contribution in [0.3, 0.4) is 0 Å². The summed E-state index contributed by atoms with van der Waals surface area (Å²) in [5, 5.41) is 3.73. The lowest BCUT2D eigenvalue weighted by Gasteiger charge is -2.34. The predicted octanol–water partition coefficient (Wildman–Crippen LogP) is 5.79. The molecule has 0 bridgehead atoms. The highest BCUT2D eigenvalue weighted by Crippen LogP contribution is 2.34. The fraction of sp³-hybridized carbons (Fsp3) is 0.400. The Labute approximate surface area is 157 Å². The zero-order valence-electron chi connectivity index (χ0n) is 15.5. The predicted molar refractivity (Wildman–Crippen MR) is 108 cm³/mol. The molecule has 0 atom stereocenters. The highest BCUT2D eigenvalue weighted by Gasteiger charge is 2.28. The van der Waals surface area contributed by atoms with Gasteiger partial charge in [0.2, 0.25) is 0 Å². The van der Waals surface area contributed by atoms with Crippen LogP contribution in [0.2, 0.25) is 0 Å². The molecule has 0 unspecified atom stereocenters. The first kappa shape index (κ1) is 17.9. The standard InChI is InChI=1S/C20H25BrN4/c1-19(2,3)13-20(4,5)24-18-17(15-8-6-7-11-22-15)23-16-10-9-14(21)12-25(16)18/h6-12,24H,13H2,1-5H3. The van der Waals surface area contributed by atoms with E-state index in [0.29, 0.717) is 0 Å². The number of nitrogens with one attached hydrogen (secondary N) is 1. The minimum atomic E-state index is -0.0833. The van der Waals surface area contributed by atoms with Gasteiger partial charge in [-0.15, -0.1) is 0 Å². The monoisotopic (exact) mass is 400 g/mol. The fourth-order valence-corrected chi connectivity index (χ4v) is 3.85. The molecule has 0 aliphatic heterocycles. The molecule has 0 amide bonds. The third kappa shape index (κ3) is 4.21. The molecule has 0 aliphatic carbocycles. The molecule has 1 N–H and O–H groups in total. The smallest absolute Gasteiger partial charge is 0.140 e. The second-order valence-corrected chi connectivity index (χ2v) is 9.26. The number of hydrogen-bond donors (Lipinski definition) is 1. The molecule has 5 heteroatoms. The van der Waals surface area contributed by atoms with Gasteiger partial charge in [-0.3, -0.25) is 9.38 Å². The number of anilines is 1. The second kappa shape index (κ2) is 6.45. The van der Waals surface area contributed by atoms with Crippen LogP contribution in [0, 0.1) is 5.41 Å². The first-order valence-electron chi connectivity index (χ1n) is 8.52. The lowest BCUT2D eigenvalue weighted by Crippen LogP contribution is -2.36. The minimum absolute atomic E-state index is 0.0833.